The number of carbonyl (C=O) groups is 1. The summed E-state index contributed by atoms with van der Waals surface area (Å²) < 4.78 is 5.55. The first-order valence-electron chi connectivity index (χ1n) is 7.95. The Bertz CT molecular complexity index is 693. The summed E-state index contributed by atoms with van der Waals surface area (Å²) in [6.45, 7) is 2.76. The monoisotopic (exact) mass is 329 g/mol. The van der Waals surface area contributed by atoms with Gasteiger partial charge in [0.25, 0.3) is 0 Å². The van der Waals surface area contributed by atoms with E-state index in [0.717, 1.165) is 36.3 Å². The quantitative estimate of drug-likeness (QED) is 0.826. The fourth-order valence-corrected chi connectivity index (χ4v) is 3.01. The van der Waals surface area contributed by atoms with Crippen molar-refractivity contribution in [3.63, 3.8) is 0 Å². The van der Waals surface area contributed by atoms with E-state index < -0.39 is 5.41 Å². The summed E-state index contributed by atoms with van der Waals surface area (Å²) in [6, 6.07) is 15.1. The molecule has 0 bridgehead atoms. The van der Waals surface area contributed by atoms with Crippen LogP contribution >= 0.6 is 11.6 Å². The normalized spacial score (nSPS) is 15.0. The van der Waals surface area contributed by atoms with Crippen molar-refractivity contribution in [3.05, 3.63) is 59.1 Å². The number of ether oxygens (including phenoxy) is 1. The van der Waals surface area contributed by atoms with Gasteiger partial charge in [-0.15, -0.1) is 0 Å². The third-order valence-corrected chi connectivity index (χ3v) is 4.49. The van der Waals surface area contributed by atoms with E-state index in [0.29, 0.717) is 11.6 Å². The molecule has 0 heterocycles. The number of anilines is 1. The molecule has 2 aromatic rings. The number of carbonyl (C=O) groups excluding carboxylic acids is 1. The fraction of sp³-hybridized carbons (Fsp3) is 0.316. The zero-order chi connectivity index (χ0) is 16.3. The summed E-state index contributed by atoms with van der Waals surface area (Å²) in [5.74, 6) is 0.824. The molecule has 4 heteroatoms. The van der Waals surface area contributed by atoms with Crippen LogP contribution in [0.3, 0.4) is 0 Å². The first-order chi connectivity index (χ1) is 11.2. The van der Waals surface area contributed by atoms with Crippen LogP contribution in [0.4, 0.5) is 5.69 Å². The topological polar surface area (TPSA) is 38.3 Å². The zero-order valence-corrected chi connectivity index (χ0v) is 13.9. The Kier molecular flexibility index (Phi) is 4.58. The maximum absolute atomic E-state index is 12.7. The highest BCUT2D eigenvalue weighted by Gasteiger charge is 2.52. The molecule has 0 radical (unpaired) electrons. The third kappa shape index (κ3) is 3.35. The van der Waals surface area contributed by atoms with E-state index in [2.05, 4.69) is 12.2 Å². The molecular weight excluding hydrogens is 310 g/mol. The summed E-state index contributed by atoms with van der Waals surface area (Å²) in [5, 5.41) is 3.66. The van der Waals surface area contributed by atoms with E-state index in [4.69, 9.17) is 16.3 Å². The van der Waals surface area contributed by atoms with E-state index in [1.165, 1.54) is 0 Å². The van der Waals surface area contributed by atoms with Crippen LogP contribution in [0.25, 0.3) is 0 Å². The van der Waals surface area contributed by atoms with Gasteiger partial charge in [0.05, 0.1) is 12.0 Å². The molecule has 0 saturated heterocycles. The van der Waals surface area contributed by atoms with E-state index >= 15 is 0 Å². The van der Waals surface area contributed by atoms with Crippen molar-refractivity contribution < 1.29 is 9.53 Å². The van der Waals surface area contributed by atoms with Gasteiger partial charge in [-0.05, 0) is 55.2 Å². The minimum atomic E-state index is -0.476. The van der Waals surface area contributed by atoms with Gasteiger partial charge in [-0.25, -0.2) is 0 Å². The van der Waals surface area contributed by atoms with Gasteiger partial charge in [0.1, 0.15) is 5.75 Å². The summed E-state index contributed by atoms with van der Waals surface area (Å²) in [5.41, 5.74) is 1.22. The van der Waals surface area contributed by atoms with E-state index in [-0.39, 0.29) is 5.91 Å². The van der Waals surface area contributed by atoms with Gasteiger partial charge in [-0.2, -0.15) is 0 Å². The molecular formula is C19H20ClNO2. The van der Waals surface area contributed by atoms with Crippen LogP contribution in [0.5, 0.6) is 5.75 Å². The molecule has 2 aromatic carbocycles. The predicted octanol–water partition coefficient (Wildman–Crippen LogP) is 4.80. The molecule has 1 aliphatic rings. The molecule has 3 rings (SSSR count). The molecule has 0 atom stereocenters. The van der Waals surface area contributed by atoms with Crippen molar-refractivity contribution in [1.82, 2.24) is 0 Å². The largest absolute Gasteiger partial charge is 0.494 e. The van der Waals surface area contributed by atoms with Crippen molar-refractivity contribution in [3.8, 4) is 5.75 Å². The van der Waals surface area contributed by atoms with Crippen LogP contribution in [0.1, 0.15) is 31.7 Å². The Balaban J connectivity index is 1.71. The number of amides is 1. The first-order valence-corrected chi connectivity index (χ1v) is 8.33. The summed E-state index contributed by atoms with van der Waals surface area (Å²) in [6.07, 6.45) is 2.64. The average Bonchev–Trinajstić information content (AvgIpc) is 3.36. The van der Waals surface area contributed by atoms with Gasteiger partial charge in [0.15, 0.2) is 0 Å². The van der Waals surface area contributed by atoms with Crippen molar-refractivity contribution >= 4 is 23.2 Å². The standard InChI is InChI=1S/C19H20ClNO2/c1-2-13-23-15-9-7-14(8-10-15)21-18(22)19(11-12-19)16-5-3-4-6-17(16)20/h3-10H,2,11-13H2,1H3,(H,21,22). The first kappa shape index (κ1) is 15.9. The van der Waals surface area contributed by atoms with Gasteiger partial charge < -0.3 is 10.1 Å². The maximum Gasteiger partial charge on any atom is 0.235 e. The Morgan fingerprint density at radius 3 is 2.48 bits per heavy atom. The summed E-state index contributed by atoms with van der Waals surface area (Å²) in [7, 11) is 0. The van der Waals surface area contributed by atoms with Crippen LogP contribution in [0.15, 0.2) is 48.5 Å². The van der Waals surface area contributed by atoms with Crippen LogP contribution in [-0.2, 0) is 10.2 Å². The molecule has 0 spiro atoms. The van der Waals surface area contributed by atoms with Crippen LogP contribution in [0.2, 0.25) is 5.02 Å². The second kappa shape index (κ2) is 6.63. The van der Waals surface area contributed by atoms with Crippen molar-refractivity contribution in [2.45, 2.75) is 31.6 Å². The lowest BCUT2D eigenvalue weighted by molar-refractivity contribution is -0.118. The second-order valence-corrected chi connectivity index (χ2v) is 6.30. The molecule has 23 heavy (non-hydrogen) atoms. The number of halogens is 1. The Hall–Kier alpha value is -2.00. The summed E-state index contributed by atoms with van der Waals surface area (Å²) >= 11 is 6.27. The maximum atomic E-state index is 12.7. The summed E-state index contributed by atoms with van der Waals surface area (Å²) in [4.78, 5) is 12.7. The number of hydrogen-bond donors (Lipinski definition) is 1. The molecule has 1 N–H and O–H groups in total. The van der Waals surface area contributed by atoms with E-state index in [1.807, 2.05) is 48.5 Å². The Morgan fingerprint density at radius 2 is 1.87 bits per heavy atom. The molecule has 0 aliphatic heterocycles. The highest BCUT2D eigenvalue weighted by molar-refractivity contribution is 6.32. The van der Waals surface area contributed by atoms with E-state index in [1.54, 1.807) is 0 Å². The lowest BCUT2D eigenvalue weighted by Crippen LogP contribution is -2.28. The molecule has 3 nitrogen and oxygen atoms in total. The van der Waals surface area contributed by atoms with Crippen molar-refractivity contribution in [1.29, 1.82) is 0 Å². The van der Waals surface area contributed by atoms with Gasteiger partial charge >= 0.3 is 0 Å². The molecule has 1 amide bonds. The number of rotatable bonds is 6. The lowest BCUT2D eigenvalue weighted by Gasteiger charge is -2.17. The SMILES string of the molecule is CCCOc1ccc(NC(=O)C2(c3ccccc3Cl)CC2)cc1. The van der Waals surface area contributed by atoms with Gasteiger partial charge in [-0.1, -0.05) is 36.7 Å². The number of nitrogens with one attached hydrogen (secondary N) is 1. The predicted molar refractivity (Wildman–Crippen MR) is 93.2 cm³/mol. The fourth-order valence-electron chi connectivity index (χ4n) is 2.70. The Labute approximate surface area is 141 Å². The van der Waals surface area contributed by atoms with Crippen LogP contribution in [-0.4, -0.2) is 12.5 Å². The molecule has 0 unspecified atom stereocenters. The lowest BCUT2D eigenvalue weighted by atomic mass is 9.95. The van der Waals surface area contributed by atoms with Gasteiger partial charge in [0, 0.05) is 10.7 Å². The molecule has 1 aliphatic carbocycles. The average molecular weight is 330 g/mol. The van der Waals surface area contributed by atoms with Crippen molar-refractivity contribution in [2.24, 2.45) is 0 Å². The smallest absolute Gasteiger partial charge is 0.235 e. The highest BCUT2D eigenvalue weighted by Crippen LogP contribution is 2.51. The molecule has 0 aromatic heterocycles. The number of benzene rings is 2. The Morgan fingerprint density at radius 1 is 1.17 bits per heavy atom. The number of hydrogen-bond acceptors (Lipinski definition) is 2. The van der Waals surface area contributed by atoms with Crippen LogP contribution < -0.4 is 10.1 Å². The minimum Gasteiger partial charge on any atom is -0.494 e. The van der Waals surface area contributed by atoms with Gasteiger partial charge in [0.2, 0.25) is 5.91 Å². The second-order valence-electron chi connectivity index (χ2n) is 5.89. The van der Waals surface area contributed by atoms with Crippen molar-refractivity contribution in [2.75, 3.05) is 11.9 Å². The molecule has 1 saturated carbocycles. The van der Waals surface area contributed by atoms with Crippen LogP contribution in [0, 0.1) is 0 Å². The molecule has 1 fully saturated rings. The molecule has 120 valence electrons. The minimum absolute atomic E-state index is 0.00725. The zero-order valence-electron chi connectivity index (χ0n) is 13.1. The highest BCUT2D eigenvalue weighted by atomic mass is 35.5. The van der Waals surface area contributed by atoms with E-state index in [9.17, 15) is 4.79 Å². The van der Waals surface area contributed by atoms with Gasteiger partial charge in [-0.3, -0.25) is 4.79 Å². The third-order valence-electron chi connectivity index (χ3n) is 4.16.